The molecule has 4 nitrogen and oxygen atoms in total. The molecule has 1 aliphatic heterocycles. The molecule has 108 valence electrons. The number of likely N-dealkylation sites (tertiary alicyclic amines) is 1. The van der Waals surface area contributed by atoms with Crippen molar-refractivity contribution in [3.63, 3.8) is 0 Å². The van der Waals surface area contributed by atoms with Gasteiger partial charge in [-0.25, -0.2) is 0 Å². The van der Waals surface area contributed by atoms with E-state index in [1.165, 1.54) is 49.3 Å². The summed E-state index contributed by atoms with van der Waals surface area (Å²) in [4.78, 5) is 2.58. The minimum atomic E-state index is 0.672. The first-order valence-corrected chi connectivity index (χ1v) is 7.56. The van der Waals surface area contributed by atoms with E-state index in [1.807, 2.05) is 11.7 Å². The molecule has 0 aromatic carbocycles. The standard InChI is InChI=1S/C15H28N4/c1-5-8-16-14-7-6-9-19(10-14)11-15-12(2)17-18(4)13(15)3/h14,16H,5-11H2,1-4H3. The first-order valence-electron chi connectivity index (χ1n) is 7.56. The Morgan fingerprint density at radius 2 is 2.16 bits per heavy atom. The number of hydrogen-bond acceptors (Lipinski definition) is 3. The number of aromatic nitrogens is 2. The van der Waals surface area contributed by atoms with Crippen molar-refractivity contribution in [2.45, 2.75) is 52.6 Å². The van der Waals surface area contributed by atoms with Crippen LogP contribution in [0.1, 0.15) is 43.1 Å². The van der Waals surface area contributed by atoms with Gasteiger partial charge in [-0.05, 0) is 46.2 Å². The number of aryl methyl sites for hydroxylation is 2. The van der Waals surface area contributed by atoms with Gasteiger partial charge in [-0.15, -0.1) is 0 Å². The molecular formula is C15H28N4. The Morgan fingerprint density at radius 1 is 1.37 bits per heavy atom. The maximum absolute atomic E-state index is 4.52. The summed E-state index contributed by atoms with van der Waals surface area (Å²) in [5.74, 6) is 0. The summed E-state index contributed by atoms with van der Waals surface area (Å²) >= 11 is 0. The Balaban J connectivity index is 1.95. The Bertz CT molecular complexity index is 411. The van der Waals surface area contributed by atoms with Gasteiger partial charge in [0.1, 0.15) is 0 Å². The zero-order valence-corrected chi connectivity index (χ0v) is 12.9. The Hall–Kier alpha value is -0.870. The van der Waals surface area contributed by atoms with Gasteiger partial charge in [-0.3, -0.25) is 9.58 Å². The first kappa shape index (κ1) is 14.5. The van der Waals surface area contributed by atoms with E-state index in [0.717, 1.165) is 13.1 Å². The molecule has 0 spiro atoms. The molecule has 19 heavy (non-hydrogen) atoms. The molecule has 1 aromatic heterocycles. The normalized spacial score (nSPS) is 20.9. The minimum absolute atomic E-state index is 0.672. The van der Waals surface area contributed by atoms with Crippen molar-refractivity contribution in [2.75, 3.05) is 19.6 Å². The zero-order chi connectivity index (χ0) is 13.8. The van der Waals surface area contributed by atoms with Crippen LogP contribution in [0, 0.1) is 13.8 Å². The van der Waals surface area contributed by atoms with Crippen molar-refractivity contribution in [3.8, 4) is 0 Å². The molecule has 1 unspecified atom stereocenters. The van der Waals surface area contributed by atoms with Crippen LogP contribution < -0.4 is 5.32 Å². The Kier molecular flexibility index (Phi) is 4.99. The Labute approximate surface area is 117 Å². The van der Waals surface area contributed by atoms with Crippen LogP contribution in [0.4, 0.5) is 0 Å². The number of rotatable bonds is 5. The molecule has 1 atom stereocenters. The van der Waals surface area contributed by atoms with Crippen molar-refractivity contribution < 1.29 is 0 Å². The summed E-state index contributed by atoms with van der Waals surface area (Å²) in [5, 5.41) is 8.18. The molecule has 0 radical (unpaired) electrons. The van der Waals surface area contributed by atoms with Gasteiger partial charge in [0.05, 0.1) is 5.69 Å². The van der Waals surface area contributed by atoms with Gasteiger partial charge < -0.3 is 5.32 Å². The van der Waals surface area contributed by atoms with E-state index < -0.39 is 0 Å². The summed E-state index contributed by atoms with van der Waals surface area (Å²) in [6.45, 7) is 11.1. The molecular weight excluding hydrogens is 236 g/mol. The van der Waals surface area contributed by atoms with Crippen LogP contribution in [0.5, 0.6) is 0 Å². The van der Waals surface area contributed by atoms with Gasteiger partial charge in [0.15, 0.2) is 0 Å². The van der Waals surface area contributed by atoms with Gasteiger partial charge in [-0.1, -0.05) is 6.92 Å². The van der Waals surface area contributed by atoms with E-state index in [4.69, 9.17) is 0 Å². The number of nitrogens with zero attached hydrogens (tertiary/aromatic N) is 3. The fourth-order valence-electron chi connectivity index (χ4n) is 2.98. The van der Waals surface area contributed by atoms with E-state index in [0.29, 0.717) is 6.04 Å². The molecule has 1 saturated heterocycles. The van der Waals surface area contributed by atoms with Gasteiger partial charge in [0.25, 0.3) is 0 Å². The molecule has 0 saturated carbocycles. The van der Waals surface area contributed by atoms with Gasteiger partial charge in [-0.2, -0.15) is 5.10 Å². The maximum Gasteiger partial charge on any atom is 0.0641 e. The summed E-state index contributed by atoms with van der Waals surface area (Å²) in [5.41, 5.74) is 3.91. The molecule has 1 N–H and O–H groups in total. The molecule has 0 amide bonds. The summed E-state index contributed by atoms with van der Waals surface area (Å²) in [7, 11) is 2.04. The second-order valence-corrected chi connectivity index (χ2v) is 5.80. The predicted molar refractivity (Wildman–Crippen MR) is 79.3 cm³/mol. The first-order chi connectivity index (χ1) is 9.11. The highest BCUT2D eigenvalue weighted by Gasteiger charge is 2.21. The monoisotopic (exact) mass is 264 g/mol. The van der Waals surface area contributed by atoms with Crippen LogP contribution in [0.15, 0.2) is 0 Å². The van der Waals surface area contributed by atoms with Crippen molar-refractivity contribution in [1.29, 1.82) is 0 Å². The highest BCUT2D eigenvalue weighted by molar-refractivity contribution is 5.24. The lowest BCUT2D eigenvalue weighted by Crippen LogP contribution is -2.45. The van der Waals surface area contributed by atoms with Crippen LogP contribution in [0.25, 0.3) is 0 Å². The van der Waals surface area contributed by atoms with E-state index in [2.05, 4.69) is 36.1 Å². The van der Waals surface area contributed by atoms with Crippen molar-refractivity contribution >= 4 is 0 Å². The molecule has 4 heteroatoms. The quantitative estimate of drug-likeness (QED) is 0.883. The molecule has 1 fully saturated rings. The van der Waals surface area contributed by atoms with Crippen molar-refractivity contribution in [3.05, 3.63) is 17.0 Å². The molecule has 1 aromatic rings. The Morgan fingerprint density at radius 3 is 2.79 bits per heavy atom. The summed E-state index contributed by atoms with van der Waals surface area (Å²) < 4.78 is 2.00. The van der Waals surface area contributed by atoms with E-state index in [-0.39, 0.29) is 0 Å². The third-order valence-electron chi connectivity index (χ3n) is 4.23. The highest BCUT2D eigenvalue weighted by Crippen LogP contribution is 2.18. The second-order valence-electron chi connectivity index (χ2n) is 5.80. The summed E-state index contributed by atoms with van der Waals surface area (Å²) in [6, 6.07) is 0.672. The average Bonchev–Trinajstić information content (AvgIpc) is 2.64. The number of piperidine rings is 1. The fraction of sp³-hybridized carbons (Fsp3) is 0.800. The van der Waals surface area contributed by atoms with Crippen LogP contribution in [0.2, 0.25) is 0 Å². The van der Waals surface area contributed by atoms with E-state index in [1.54, 1.807) is 0 Å². The third-order valence-corrected chi connectivity index (χ3v) is 4.23. The molecule has 0 aliphatic carbocycles. The fourth-order valence-corrected chi connectivity index (χ4v) is 2.98. The van der Waals surface area contributed by atoms with E-state index >= 15 is 0 Å². The highest BCUT2D eigenvalue weighted by atomic mass is 15.3. The van der Waals surface area contributed by atoms with Crippen molar-refractivity contribution in [1.82, 2.24) is 20.0 Å². The van der Waals surface area contributed by atoms with Crippen LogP contribution in [-0.4, -0.2) is 40.4 Å². The van der Waals surface area contributed by atoms with Crippen molar-refractivity contribution in [2.24, 2.45) is 7.05 Å². The average molecular weight is 264 g/mol. The van der Waals surface area contributed by atoms with E-state index in [9.17, 15) is 0 Å². The topological polar surface area (TPSA) is 33.1 Å². The maximum atomic E-state index is 4.52. The molecule has 1 aliphatic rings. The van der Waals surface area contributed by atoms with Gasteiger partial charge in [0, 0.05) is 37.4 Å². The molecule has 0 bridgehead atoms. The predicted octanol–water partition coefficient (Wildman–Crippen LogP) is 2.00. The second kappa shape index (κ2) is 6.53. The lowest BCUT2D eigenvalue weighted by Gasteiger charge is -2.33. The van der Waals surface area contributed by atoms with Gasteiger partial charge >= 0.3 is 0 Å². The van der Waals surface area contributed by atoms with Gasteiger partial charge in [0.2, 0.25) is 0 Å². The van der Waals surface area contributed by atoms with Crippen LogP contribution in [0.3, 0.4) is 0 Å². The number of hydrogen-bond donors (Lipinski definition) is 1. The SMILES string of the molecule is CCCNC1CCCN(Cc2c(C)nn(C)c2C)C1. The molecule has 2 rings (SSSR count). The lowest BCUT2D eigenvalue weighted by molar-refractivity contribution is 0.183. The largest absolute Gasteiger partial charge is 0.313 e. The third kappa shape index (κ3) is 3.57. The number of nitrogens with one attached hydrogen (secondary N) is 1. The minimum Gasteiger partial charge on any atom is -0.313 e. The van der Waals surface area contributed by atoms with Crippen LogP contribution >= 0.6 is 0 Å². The smallest absolute Gasteiger partial charge is 0.0641 e. The summed E-state index contributed by atoms with van der Waals surface area (Å²) in [6.07, 6.45) is 3.85. The molecule has 2 heterocycles. The lowest BCUT2D eigenvalue weighted by atomic mass is 10.0. The van der Waals surface area contributed by atoms with Crippen LogP contribution in [-0.2, 0) is 13.6 Å². The zero-order valence-electron chi connectivity index (χ0n) is 12.9.